The fraction of sp³-hybridized carbons (Fsp3) is 0.241. The Morgan fingerprint density at radius 3 is 2.24 bits per heavy atom. The molecule has 1 unspecified atom stereocenters. The molecule has 0 saturated carbocycles. The predicted octanol–water partition coefficient (Wildman–Crippen LogP) is 4.73. The molecule has 3 aromatic rings. The number of carbonyl (C=O) groups excluding carboxylic acids is 2. The number of rotatable bonds is 9. The average molecular weight is 504 g/mol. The van der Waals surface area contributed by atoms with E-state index in [0.717, 1.165) is 5.56 Å². The summed E-state index contributed by atoms with van der Waals surface area (Å²) in [6.07, 6.45) is 0. The van der Waals surface area contributed by atoms with E-state index in [-0.39, 0.29) is 17.9 Å². The third-order valence-corrected chi connectivity index (χ3v) is 6.19. The number of ketones is 1. The standard InChI is InChI=1S/C29H29NO7/c1-5-37-22-8-6-7-20(16-22)27(31)25-26(19-10-12-21(34-2)13-11-19)30(29(33)28(25)32)17-18-9-14-23(35-3)24(15-18)36-4/h6-16,26,31H,5,17H2,1-4H3/b27-25+. The Kier molecular flexibility index (Phi) is 7.67. The fourth-order valence-electron chi connectivity index (χ4n) is 4.41. The van der Waals surface area contributed by atoms with Gasteiger partial charge in [0.15, 0.2) is 11.5 Å². The van der Waals surface area contributed by atoms with Gasteiger partial charge in [-0.25, -0.2) is 0 Å². The van der Waals surface area contributed by atoms with Gasteiger partial charge in [-0.15, -0.1) is 0 Å². The summed E-state index contributed by atoms with van der Waals surface area (Å²) >= 11 is 0. The first-order chi connectivity index (χ1) is 17.9. The number of aliphatic hydroxyl groups excluding tert-OH is 1. The van der Waals surface area contributed by atoms with E-state index in [1.54, 1.807) is 80.9 Å². The summed E-state index contributed by atoms with van der Waals surface area (Å²) in [7, 11) is 4.63. The summed E-state index contributed by atoms with van der Waals surface area (Å²) in [5.74, 6) is 0.492. The van der Waals surface area contributed by atoms with Crippen LogP contribution in [0.4, 0.5) is 0 Å². The lowest BCUT2D eigenvalue weighted by atomic mass is 9.95. The fourth-order valence-corrected chi connectivity index (χ4v) is 4.41. The number of Topliss-reactive ketones (excluding diaryl/α,β-unsaturated/α-hetero) is 1. The molecule has 192 valence electrons. The number of ether oxygens (including phenoxy) is 4. The van der Waals surface area contributed by atoms with Crippen molar-refractivity contribution in [1.29, 1.82) is 0 Å². The van der Waals surface area contributed by atoms with Crippen molar-refractivity contribution in [1.82, 2.24) is 4.90 Å². The van der Waals surface area contributed by atoms with Crippen LogP contribution in [0.25, 0.3) is 5.76 Å². The summed E-state index contributed by atoms with van der Waals surface area (Å²) in [6.45, 7) is 2.42. The van der Waals surface area contributed by atoms with E-state index in [9.17, 15) is 14.7 Å². The molecule has 0 aliphatic carbocycles. The van der Waals surface area contributed by atoms with Crippen LogP contribution in [0, 0.1) is 0 Å². The lowest BCUT2D eigenvalue weighted by Crippen LogP contribution is -2.29. The van der Waals surface area contributed by atoms with Gasteiger partial charge in [-0.1, -0.05) is 30.3 Å². The number of amides is 1. The zero-order valence-corrected chi connectivity index (χ0v) is 21.2. The highest BCUT2D eigenvalue weighted by Crippen LogP contribution is 2.41. The molecule has 0 spiro atoms. The topological polar surface area (TPSA) is 94.5 Å². The molecule has 1 atom stereocenters. The van der Waals surface area contributed by atoms with Gasteiger partial charge in [0, 0.05) is 12.1 Å². The van der Waals surface area contributed by atoms with Gasteiger partial charge in [-0.2, -0.15) is 0 Å². The molecule has 0 bridgehead atoms. The summed E-state index contributed by atoms with van der Waals surface area (Å²) in [5, 5.41) is 11.3. The third-order valence-electron chi connectivity index (χ3n) is 6.19. The predicted molar refractivity (Wildman–Crippen MR) is 138 cm³/mol. The zero-order chi connectivity index (χ0) is 26.5. The Morgan fingerprint density at radius 2 is 1.59 bits per heavy atom. The van der Waals surface area contributed by atoms with Crippen molar-refractivity contribution in [3.8, 4) is 23.0 Å². The second-order valence-electron chi connectivity index (χ2n) is 8.35. The Balaban J connectivity index is 1.83. The molecule has 1 N–H and O–H groups in total. The van der Waals surface area contributed by atoms with Crippen molar-refractivity contribution < 1.29 is 33.6 Å². The van der Waals surface area contributed by atoms with Crippen LogP contribution < -0.4 is 18.9 Å². The summed E-state index contributed by atoms with van der Waals surface area (Å²) < 4.78 is 21.5. The molecule has 1 saturated heterocycles. The molecule has 1 fully saturated rings. The average Bonchev–Trinajstić information content (AvgIpc) is 3.17. The molecular formula is C29H29NO7. The minimum Gasteiger partial charge on any atom is -0.507 e. The van der Waals surface area contributed by atoms with Gasteiger partial charge in [0.25, 0.3) is 11.7 Å². The molecule has 0 aromatic heterocycles. The minimum absolute atomic E-state index is 0.00397. The van der Waals surface area contributed by atoms with Crippen molar-refractivity contribution in [2.45, 2.75) is 19.5 Å². The van der Waals surface area contributed by atoms with Crippen molar-refractivity contribution in [2.24, 2.45) is 0 Å². The minimum atomic E-state index is -0.824. The maximum atomic E-state index is 13.4. The van der Waals surface area contributed by atoms with Crippen LogP contribution in [0.5, 0.6) is 23.0 Å². The van der Waals surface area contributed by atoms with Crippen LogP contribution in [-0.4, -0.2) is 49.6 Å². The van der Waals surface area contributed by atoms with E-state index in [2.05, 4.69) is 0 Å². The highest BCUT2D eigenvalue weighted by Gasteiger charge is 2.46. The number of methoxy groups -OCH3 is 3. The number of hydrogen-bond acceptors (Lipinski definition) is 7. The first-order valence-corrected chi connectivity index (χ1v) is 11.8. The summed E-state index contributed by atoms with van der Waals surface area (Å²) in [5.41, 5.74) is 1.78. The molecule has 4 rings (SSSR count). The quantitative estimate of drug-likeness (QED) is 0.256. The molecular weight excluding hydrogens is 474 g/mol. The summed E-state index contributed by atoms with van der Waals surface area (Å²) in [4.78, 5) is 28.1. The third kappa shape index (κ3) is 5.09. The van der Waals surface area contributed by atoms with Gasteiger partial charge in [-0.05, 0) is 54.4 Å². The molecule has 1 heterocycles. The highest BCUT2D eigenvalue weighted by molar-refractivity contribution is 6.46. The van der Waals surface area contributed by atoms with E-state index in [1.807, 2.05) is 6.92 Å². The molecule has 0 radical (unpaired) electrons. The second kappa shape index (κ2) is 11.1. The molecule has 1 aliphatic rings. The number of aliphatic hydroxyl groups is 1. The monoisotopic (exact) mass is 503 g/mol. The number of benzene rings is 3. The van der Waals surface area contributed by atoms with Gasteiger partial charge in [0.2, 0.25) is 0 Å². The number of hydrogen-bond donors (Lipinski definition) is 1. The molecule has 8 heteroatoms. The van der Waals surface area contributed by atoms with Crippen LogP contribution in [0.1, 0.15) is 29.7 Å². The lowest BCUT2D eigenvalue weighted by Gasteiger charge is -2.26. The Labute approximate surface area is 215 Å². The molecule has 37 heavy (non-hydrogen) atoms. The highest BCUT2D eigenvalue weighted by atomic mass is 16.5. The van der Waals surface area contributed by atoms with Gasteiger partial charge in [0.1, 0.15) is 17.3 Å². The second-order valence-corrected chi connectivity index (χ2v) is 8.35. The van der Waals surface area contributed by atoms with E-state index in [4.69, 9.17) is 18.9 Å². The SMILES string of the molecule is CCOc1cccc(/C(O)=C2\C(=O)C(=O)N(Cc3ccc(OC)c(OC)c3)C2c2ccc(OC)cc2)c1. The van der Waals surface area contributed by atoms with E-state index < -0.39 is 17.7 Å². The molecule has 3 aromatic carbocycles. The Morgan fingerprint density at radius 1 is 0.865 bits per heavy atom. The van der Waals surface area contributed by atoms with Crippen molar-refractivity contribution in [3.63, 3.8) is 0 Å². The maximum absolute atomic E-state index is 13.4. The molecule has 1 amide bonds. The van der Waals surface area contributed by atoms with E-state index >= 15 is 0 Å². The first kappa shape index (κ1) is 25.6. The van der Waals surface area contributed by atoms with Crippen LogP contribution >= 0.6 is 0 Å². The van der Waals surface area contributed by atoms with Crippen LogP contribution in [0.3, 0.4) is 0 Å². The Hall–Kier alpha value is -4.46. The van der Waals surface area contributed by atoms with Gasteiger partial charge < -0.3 is 29.0 Å². The number of nitrogens with zero attached hydrogens (tertiary/aromatic N) is 1. The van der Waals surface area contributed by atoms with Gasteiger partial charge in [-0.3, -0.25) is 9.59 Å². The first-order valence-electron chi connectivity index (χ1n) is 11.8. The number of carbonyl (C=O) groups is 2. The normalized spacial score (nSPS) is 16.5. The Bertz CT molecular complexity index is 1330. The lowest BCUT2D eigenvalue weighted by molar-refractivity contribution is -0.140. The van der Waals surface area contributed by atoms with E-state index in [0.29, 0.717) is 40.7 Å². The molecule has 8 nitrogen and oxygen atoms in total. The maximum Gasteiger partial charge on any atom is 0.295 e. The van der Waals surface area contributed by atoms with Crippen molar-refractivity contribution in [2.75, 3.05) is 27.9 Å². The molecule has 1 aliphatic heterocycles. The van der Waals surface area contributed by atoms with Crippen LogP contribution in [-0.2, 0) is 16.1 Å². The summed E-state index contributed by atoms with van der Waals surface area (Å²) in [6, 6.07) is 18.3. The van der Waals surface area contributed by atoms with Gasteiger partial charge in [0.05, 0.1) is 39.6 Å². The van der Waals surface area contributed by atoms with Crippen LogP contribution in [0.2, 0.25) is 0 Å². The number of likely N-dealkylation sites (tertiary alicyclic amines) is 1. The van der Waals surface area contributed by atoms with Crippen LogP contribution in [0.15, 0.2) is 72.3 Å². The van der Waals surface area contributed by atoms with Crippen molar-refractivity contribution in [3.05, 3.63) is 89.0 Å². The van der Waals surface area contributed by atoms with Gasteiger partial charge >= 0.3 is 0 Å². The smallest absolute Gasteiger partial charge is 0.295 e. The van der Waals surface area contributed by atoms with E-state index in [1.165, 1.54) is 12.0 Å². The van der Waals surface area contributed by atoms with Crippen molar-refractivity contribution >= 4 is 17.4 Å². The largest absolute Gasteiger partial charge is 0.507 e. The zero-order valence-electron chi connectivity index (χ0n) is 21.2.